The summed E-state index contributed by atoms with van der Waals surface area (Å²) in [7, 11) is -4.64. The highest BCUT2D eigenvalue weighted by Gasteiger charge is 2.00. The van der Waals surface area contributed by atoms with Crippen molar-refractivity contribution in [3.63, 3.8) is 0 Å². The predicted octanol–water partition coefficient (Wildman–Crippen LogP) is 1.10. The normalized spacial score (nSPS) is 11.1. The van der Waals surface area contributed by atoms with Crippen LogP contribution in [0.15, 0.2) is 0 Å². The minimum atomic E-state index is -4.64. The first-order chi connectivity index (χ1) is 6.27. The van der Waals surface area contributed by atoms with Crippen molar-refractivity contribution in [2.24, 2.45) is 5.92 Å². The molecule has 0 heterocycles. The van der Waals surface area contributed by atoms with Crippen molar-refractivity contribution in [1.29, 1.82) is 0 Å². The van der Waals surface area contributed by atoms with Gasteiger partial charge >= 0.3 is 7.82 Å². The van der Waals surface area contributed by atoms with Gasteiger partial charge in [0.05, 0.1) is 0 Å². The second-order valence-corrected chi connectivity index (χ2v) is 4.49. The zero-order chi connectivity index (χ0) is 11.6. The summed E-state index contributed by atoms with van der Waals surface area (Å²) >= 11 is 0. The van der Waals surface area contributed by atoms with Gasteiger partial charge in [0, 0.05) is 0 Å². The van der Waals surface area contributed by atoms with Crippen LogP contribution >= 0.6 is 7.82 Å². The van der Waals surface area contributed by atoms with Crippen LogP contribution in [0.3, 0.4) is 0 Å². The Bertz CT molecular complexity index is 149. The van der Waals surface area contributed by atoms with Crippen molar-refractivity contribution in [2.75, 3.05) is 13.1 Å². The van der Waals surface area contributed by atoms with Crippen LogP contribution in [-0.4, -0.2) is 27.8 Å². The average Bonchev–Trinajstić information content (AvgIpc) is 1.94. The number of unbranched alkanes of at least 4 members (excludes halogenated alkanes) is 1. The van der Waals surface area contributed by atoms with E-state index in [1.54, 1.807) is 0 Å². The zero-order valence-corrected chi connectivity index (χ0v) is 10.00. The van der Waals surface area contributed by atoms with Gasteiger partial charge in [0.15, 0.2) is 0 Å². The van der Waals surface area contributed by atoms with Gasteiger partial charge in [-0.15, -0.1) is 0 Å². The van der Waals surface area contributed by atoms with Crippen LogP contribution in [0.5, 0.6) is 0 Å². The molecule has 0 aromatic heterocycles. The summed E-state index contributed by atoms with van der Waals surface area (Å²) < 4.78 is 8.88. The van der Waals surface area contributed by atoms with Crippen LogP contribution in [0.4, 0.5) is 0 Å². The maximum Gasteiger partial charge on any atom is 0.466 e. The highest BCUT2D eigenvalue weighted by atomic mass is 31.2. The molecule has 0 aliphatic heterocycles. The second-order valence-electron chi connectivity index (χ2n) is 3.46. The van der Waals surface area contributed by atoms with Gasteiger partial charge in [-0.3, -0.25) is 0 Å². The summed E-state index contributed by atoms with van der Waals surface area (Å²) in [5.41, 5.74) is 0. The Morgan fingerprint density at radius 1 is 1.29 bits per heavy atom. The van der Waals surface area contributed by atoms with E-state index >= 15 is 0 Å². The van der Waals surface area contributed by atoms with E-state index in [1.807, 2.05) is 0 Å². The molecule has 5 nitrogen and oxygen atoms in total. The molecule has 0 spiro atoms. The zero-order valence-electron chi connectivity index (χ0n) is 9.10. The third kappa shape index (κ3) is 40.1. The van der Waals surface area contributed by atoms with Crippen LogP contribution in [0.25, 0.3) is 0 Å². The predicted molar refractivity (Wildman–Crippen MR) is 56.9 cm³/mol. The maximum absolute atomic E-state index is 8.88. The lowest BCUT2D eigenvalue weighted by Crippen LogP contribution is -2.20. The van der Waals surface area contributed by atoms with E-state index in [1.165, 1.54) is 25.9 Å². The minimum Gasteiger partial charge on any atom is -0.316 e. The van der Waals surface area contributed by atoms with E-state index in [0.29, 0.717) is 0 Å². The number of phosphoric acid groups is 1. The van der Waals surface area contributed by atoms with E-state index < -0.39 is 7.82 Å². The fourth-order valence-corrected chi connectivity index (χ4v) is 0.693. The number of hydrogen-bond acceptors (Lipinski definition) is 2. The molecular formula is C8H22NO4P. The van der Waals surface area contributed by atoms with Crippen molar-refractivity contribution >= 4 is 7.82 Å². The fraction of sp³-hybridized carbons (Fsp3) is 1.00. The van der Waals surface area contributed by atoms with Gasteiger partial charge in [-0.1, -0.05) is 27.2 Å². The van der Waals surface area contributed by atoms with Crippen LogP contribution < -0.4 is 5.32 Å². The number of hydrogen-bond donors (Lipinski definition) is 4. The topological polar surface area (TPSA) is 89.8 Å². The van der Waals surface area contributed by atoms with Gasteiger partial charge < -0.3 is 20.0 Å². The Kier molecular flexibility index (Phi) is 11.3. The summed E-state index contributed by atoms with van der Waals surface area (Å²) in [6.45, 7) is 9.05. The largest absolute Gasteiger partial charge is 0.466 e. The molecule has 0 aromatic rings. The van der Waals surface area contributed by atoms with Gasteiger partial charge in [0.1, 0.15) is 0 Å². The average molecular weight is 227 g/mol. The summed E-state index contributed by atoms with van der Waals surface area (Å²) in [5, 5.41) is 3.39. The minimum absolute atomic E-state index is 0.793. The van der Waals surface area contributed by atoms with Crippen molar-refractivity contribution in [1.82, 2.24) is 5.32 Å². The molecule has 0 radical (unpaired) electrons. The lowest BCUT2D eigenvalue weighted by Gasteiger charge is -2.05. The maximum atomic E-state index is 8.88. The monoisotopic (exact) mass is 227 g/mol. The second kappa shape index (κ2) is 9.62. The lowest BCUT2D eigenvalue weighted by molar-refractivity contribution is 0.275. The Hall–Kier alpha value is 0.0700. The Morgan fingerprint density at radius 3 is 2.00 bits per heavy atom. The van der Waals surface area contributed by atoms with Gasteiger partial charge in [-0.2, -0.15) is 0 Å². The van der Waals surface area contributed by atoms with Crippen LogP contribution in [-0.2, 0) is 4.57 Å². The van der Waals surface area contributed by atoms with Crippen LogP contribution in [0.1, 0.15) is 33.6 Å². The molecule has 0 bridgehead atoms. The highest BCUT2D eigenvalue weighted by molar-refractivity contribution is 7.45. The first kappa shape index (κ1) is 16.5. The molecule has 0 saturated carbocycles. The summed E-state index contributed by atoms with van der Waals surface area (Å²) in [6.07, 6.45) is 2.61. The molecule has 0 aliphatic carbocycles. The standard InChI is InChI=1S/C8H19N.H3O4P/c1-4-5-6-9-7-8(2)3;1-5(2,3)4/h8-9H,4-7H2,1-3H3;(H3,1,2,3,4). The molecule has 0 saturated heterocycles. The lowest BCUT2D eigenvalue weighted by atomic mass is 10.2. The SMILES string of the molecule is CCCCNCC(C)C.O=P(O)(O)O. The molecular weight excluding hydrogens is 205 g/mol. The van der Waals surface area contributed by atoms with Crippen molar-refractivity contribution in [3.8, 4) is 0 Å². The van der Waals surface area contributed by atoms with E-state index in [9.17, 15) is 0 Å². The summed E-state index contributed by atoms with van der Waals surface area (Å²) in [6, 6.07) is 0. The third-order valence-electron chi connectivity index (χ3n) is 1.26. The molecule has 0 unspecified atom stereocenters. The fourth-order valence-electron chi connectivity index (χ4n) is 0.693. The van der Waals surface area contributed by atoms with Crippen LogP contribution in [0.2, 0.25) is 0 Å². The van der Waals surface area contributed by atoms with Crippen LogP contribution in [0, 0.1) is 5.92 Å². The van der Waals surface area contributed by atoms with Crippen molar-refractivity contribution in [2.45, 2.75) is 33.6 Å². The first-order valence-electron chi connectivity index (χ1n) is 4.76. The number of rotatable bonds is 5. The van der Waals surface area contributed by atoms with Gasteiger partial charge in [-0.25, -0.2) is 4.57 Å². The van der Waals surface area contributed by atoms with E-state index in [4.69, 9.17) is 19.2 Å². The molecule has 0 aliphatic rings. The quantitative estimate of drug-likeness (QED) is 0.417. The van der Waals surface area contributed by atoms with E-state index in [0.717, 1.165) is 5.92 Å². The van der Waals surface area contributed by atoms with E-state index in [-0.39, 0.29) is 0 Å². The molecule has 6 heteroatoms. The Balaban J connectivity index is 0. The molecule has 0 amide bonds. The first-order valence-corrected chi connectivity index (χ1v) is 6.32. The molecule has 0 aromatic carbocycles. The molecule has 14 heavy (non-hydrogen) atoms. The van der Waals surface area contributed by atoms with Gasteiger partial charge in [0.25, 0.3) is 0 Å². The molecule has 0 fully saturated rings. The Labute approximate surface area is 85.8 Å². The summed E-state index contributed by atoms with van der Waals surface area (Å²) in [4.78, 5) is 21.6. The smallest absolute Gasteiger partial charge is 0.316 e. The molecule has 88 valence electrons. The molecule has 4 N–H and O–H groups in total. The van der Waals surface area contributed by atoms with Gasteiger partial charge in [0.2, 0.25) is 0 Å². The highest BCUT2D eigenvalue weighted by Crippen LogP contribution is 2.25. The summed E-state index contributed by atoms with van der Waals surface area (Å²) in [5.74, 6) is 0.793. The molecule has 0 rings (SSSR count). The third-order valence-corrected chi connectivity index (χ3v) is 1.26. The van der Waals surface area contributed by atoms with Crippen molar-refractivity contribution in [3.05, 3.63) is 0 Å². The van der Waals surface area contributed by atoms with E-state index in [2.05, 4.69) is 26.1 Å². The van der Waals surface area contributed by atoms with Gasteiger partial charge in [-0.05, 0) is 25.4 Å². The van der Waals surface area contributed by atoms with Crippen molar-refractivity contribution < 1.29 is 19.2 Å². The number of nitrogens with one attached hydrogen (secondary N) is 1. The Morgan fingerprint density at radius 2 is 1.71 bits per heavy atom. The molecule has 0 atom stereocenters.